The lowest BCUT2D eigenvalue weighted by Crippen LogP contribution is -2.45. The van der Waals surface area contributed by atoms with Crippen LogP contribution in [-0.2, 0) is 57.0 Å². The number of hydrogen-bond donors (Lipinski definition) is 5. The zero-order chi connectivity index (χ0) is 49.7. The number of fused-ring (bicyclic) bond motifs is 1. The third kappa shape index (κ3) is 25.4. The predicted octanol–water partition coefficient (Wildman–Crippen LogP) is 1.89. The molecule has 22 nitrogen and oxygen atoms in total. The van der Waals surface area contributed by atoms with Crippen LogP contribution in [0, 0.1) is 0 Å². The Balaban J connectivity index is 0.896. The van der Waals surface area contributed by atoms with Gasteiger partial charge < -0.3 is 79.3 Å². The van der Waals surface area contributed by atoms with Crippen molar-refractivity contribution in [2.24, 2.45) is 10.7 Å². The molecule has 0 unspecified atom stereocenters. The average Bonchev–Trinajstić information content (AvgIpc) is 3.54. The van der Waals surface area contributed by atoms with Gasteiger partial charge in [0.25, 0.3) is 5.91 Å². The fourth-order valence-electron chi connectivity index (χ4n) is 6.73. The highest BCUT2D eigenvalue weighted by atomic mass is 16.6. The Morgan fingerprint density at radius 3 is 1.66 bits per heavy atom. The lowest BCUT2D eigenvalue weighted by atomic mass is 10.0. The van der Waals surface area contributed by atoms with E-state index in [-0.39, 0.29) is 42.2 Å². The molecule has 2 aliphatic rings. The van der Waals surface area contributed by atoms with Crippen LogP contribution in [0.1, 0.15) is 55.1 Å². The highest BCUT2D eigenvalue weighted by Gasteiger charge is 2.22. The van der Waals surface area contributed by atoms with Gasteiger partial charge in [-0.05, 0) is 50.6 Å². The minimum Gasteiger partial charge on any atom is -0.387 e. The molecule has 70 heavy (non-hydrogen) atoms. The highest BCUT2D eigenvalue weighted by molar-refractivity contribution is 6.07. The Morgan fingerprint density at radius 1 is 0.657 bits per heavy atom. The van der Waals surface area contributed by atoms with Gasteiger partial charge in [-0.3, -0.25) is 19.4 Å². The van der Waals surface area contributed by atoms with Crippen molar-refractivity contribution in [3.05, 3.63) is 47.4 Å². The van der Waals surface area contributed by atoms with Gasteiger partial charge in [-0.25, -0.2) is 9.98 Å². The molecule has 0 bridgehead atoms. The third-order valence-electron chi connectivity index (χ3n) is 10.4. The van der Waals surface area contributed by atoms with E-state index in [0.29, 0.717) is 161 Å². The van der Waals surface area contributed by atoms with E-state index in [1.54, 1.807) is 24.4 Å². The molecule has 2 aromatic heterocycles. The van der Waals surface area contributed by atoms with Gasteiger partial charge in [0.1, 0.15) is 17.3 Å². The summed E-state index contributed by atoms with van der Waals surface area (Å²) < 4.78 is 55.0. The number of amides is 3. The first-order valence-corrected chi connectivity index (χ1v) is 24.4. The number of nitrogens with two attached hydrogens (primary N) is 1. The summed E-state index contributed by atoms with van der Waals surface area (Å²) in [6, 6.07) is 5.26. The molecule has 3 amide bonds. The van der Waals surface area contributed by atoms with Gasteiger partial charge in [-0.2, -0.15) is 0 Å². The van der Waals surface area contributed by atoms with Crippen LogP contribution < -0.4 is 31.9 Å². The largest absolute Gasteiger partial charge is 0.387 e. The van der Waals surface area contributed by atoms with Crippen LogP contribution >= 0.6 is 0 Å². The number of carbonyl (C=O) groups excluding carboxylic acids is 3. The number of ether oxygens (including phenoxy) is 10. The molecule has 0 aromatic carbocycles. The minimum atomic E-state index is -0.429. The molecule has 1 fully saturated rings. The van der Waals surface area contributed by atoms with Crippen molar-refractivity contribution in [1.82, 2.24) is 25.9 Å². The van der Waals surface area contributed by atoms with E-state index in [4.69, 9.17) is 53.1 Å². The van der Waals surface area contributed by atoms with E-state index < -0.39 is 5.91 Å². The number of pyridine rings is 2. The van der Waals surface area contributed by atoms with E-state index in [9.17, 15) is 14.4 Å². The number of likely N-dealkylation sites (N-methyl/N-ethyl adjacent to an activating group) is 1. The maximum atomic E-state index is 13.1. The van der Waals surface area contributed by atoms with Gasteiger partial charge in [0.15, 0.2) is 0 Å². The molecule has 4 rings (SSSR count). The molecule has 2 aromatic rings. The predicted molar refractivity (Wildman–Crippen MR) is 264 cm³/mol. The van der Waals surface area contributed by atoms with Gasteiger partial charge in [-0.1, -0.05) is 6.92 Å². The number of nitrogens with zero attached hydrogens (tertiary/aromatic N) is 4. The lowest BCUT2D eigenvalue weighted by molar-refractivity contribution is -0.123. The van der Waals surface area contributed by atoms with Gasteiger partial charge in [0.2, 0.25) is 11.8 Å². The second kappa shape index (κ2) is 37.1. The zero-order valence-corrected chi connectivity index (χ0v) is 41.2. The second-order valence-corrected chi connectivity index (χ2v) is 16.0. The first-order chi connectivity index (χ1) is 34.4. The molecule has 0 aliphatic carbocycles. The number of nitrogens with one attached hydrogen (secondary N) is 4. The van der Waals surface area contributed by atoms with E-state index >= 15 is 0 Å². The summed E-state index contributed by atoms with van der Waals surface area (Å²) >= 11 is 0. The van der Waals surface area contributed by atoms with Crippen LogP contribution in [0.2, 0.25) is 0 Å². The summed E-state index contributed by atoms with van der Waals surface area (Å²) in [5.41, 5.74) is 8.31. The van der Waals surface area contributed by atoms with Crippen molar-refractivity contribution in [2.45, 2.75) is 45.1 Å². The fourth-order valence-corrected chi connectivity index (χ4v) is 6.73. The van der Waals surface area contributed by atoms with Crippen molar-refractivity contribution in [2.75, 3.05) is 176 Å². The molecule has 0 radical (unpaired) electrons. The Hall–Kier alpha value is -4.72. The smallest absolute Gasteiger partial charge is 0.274 e. The summed E-state index contributed by atoms with van der Waals surface area (Å²) in [7, 11) is 1.89. The maximum absolute atomic E-state index is 13.1. The van der Waals surface area contributed by atoms with Crippen LogP contribution in [0.5, 0.6) is 0 Å². The quantitative estimate of drug-likeness (QED) is 0.0598. The van der Waals surface area contributed by atoms with E-state index in [1.807, 2.05) is 20.0 Å². The van der Waals surface area contributed by atoms with Gasteiger partial charge in [0, 0.05) is 62.4 Å². The molecule has 22 heteroatoms. The molecule has 0 saturated carbocycles. The first kappa shape index (κ1) is 57.9. The monoisotopic (exact) mass is 988 g/mol. The SMILES string of the molecule is CCCNC(=O)C1=Cc2cnc(C(=O)Nc3ccc(N4CCC(NC(=O)CCOCCOCCOCCOCCOCCOCCOCCOCCOCCOCCNC)CC4)nc3)cc2N=C(N)C1. The average molecular weight is 988 g/mol. The second-order valence-electron chi connectivity index (χ2n) is 16.0. The molecular weight excluding hydrogens is 911 g/mol. The molecule has 1 saturated heterocycles. The lowest BCUT2D eigenvalue weighted by Gasteiger charge is -2.33. The van der Waals surface area contributed by atoms with Crippen molar-refractivity contribution < 1.29 is 61.8 Å². The molecular formula is C48H77N9O13. The number of aliphatic imine (C=N–C) groups is 1. The molecule has 6 N–H and O–H groups in total. The number of carbonyl (C=O) groups is 3. The van der Waals surface area contributed by atoms with Crippen molar-refractivity contribution in [3.63, 3.8) is 0 Å². The number of piperidine rings is 1. The number of aromatic nitrogens is 2. The Kier molecular flexibility index (Phi) is 30.7. The van der Waals surface area contributed by atoms with E-state index in [0.717, 1.165) is 44.7 Å². The maximum Gasteiger partial charge on any atom is 0.274 e. The fraction of sp³-hybridized carbons (Fsp3) is 0.667. The normalized spacial score (nSPS) is 13.9. The summed E-state index contributed by atoms with van der Waals surface area (Å²) in [6.45, 7) is 14.6. The zero-order valence-electron chi connectivity index (χ0n) is 41.2. The number of rotatable bonds is 40. The van der Waals surface area contributed by atoms with Gasteiger partial charge >= 0.3 is 0 Å². The van der Waals surface area contributed by atoms with E-state index in [2.05, 4.69) is 41.1 Å². The summed E-state index contributed by atoms with van der Waals surface area (Å²) in [4.78, 5) is 53.7. The van der Waals surface area contributed by atoms with Crippen LogP contribution in [0.15, 0.2) is 41.2 Å². The van der Waals surface area contributed by atoms with Gasteiger partial charge in [0.05, 0.1) is 150 Å². The summed E-state index contributed by atoms with van der Waals surface area (Å²) in [6.07, 6.45) is 7.66. The summed E-state index contributed by atoms with van der Waals surface area (Å²) in [5.74, 6) is 0.371. The number of anilines is 2. The number of amidine groups is 1. The molecule has 392 valence electrons. The minimum absolute atomic E-state index is 0.0456. The Morgan fingerprint density at radius 2 is 1.17 bits per heavy atom. The molecule has 4 heterocycles. The first-order valence-electron chi connectivity index (χ1n) is 24.4. The van der Waals surface area contributed by atoms with Crippen LogP contribution in [0.25, 0.3) is 6.08 Å². The standard InChI is InChI=1S/C48H77N9O13/c1-3-9-51-47(59)38-33-39-36-52-43(35-42(39)56-44(49)34-38)48(60)55-41-4-5-45(53-37-41)57-11-6-40(7-12-57)54-46(58)8-13-61-15-17-63-19-21-65-23-25-67-27-29-69-31-32-70-30-28-68-26-24-66-22-20-64-18-16-62-14-10-50-2/h4-5,33,35-37,40,50H,3,6-32,34H2,1-2H3,(H2,49,56)(H,51,59)(H,54,58)(H,55,60). The van der Waals surface area contributed by atoms with Gasteiger partial charge in [-0.15, -0.1) is 0 Å². The Bertz CT molecular complexity index is 1820. The van der Waals surface area contributed by atoms with Crippen molar-refractivity contribution in [1.29, 1.82) is 0 Å². The third-order valence-corrected chi connectivity index (χ3v) is 10.4. The highest BCUT2D eigenvalue weighted by Crippen LogP contribution is 2.27. The molecule has 0 spiro atoms. The number of hydrogen-bond acceptors (Lipinski definition) is 19. The summed E-state index contributed by atoms with van der Waals surface area (Å²) in [5, 5.41) is 11.8. The van der Waals surface area contributed by atoms with Crippen molar-refractivity contribution in [3.8, 4) is 0 Å². The van der Waals surface area contributed by atoms with Crippen LogP contribution in [0.3, 0.4) is 0 Å². The van der Waals surface area contributed by atoms with Crippen molar-refractivity contribution >= 4 is 46.8 Å². The topological polar surface area (TPSA) is 259 Å². The molecule has 0 atom stereocenters. The van der Waals surface area contributed by atoms with Crippen LogP contribution in [-0.4, -0.2) is 205 Å². The van der Waals surface area contributed by atoms with E-state index in [1.165, 1.54) is 6.20 Å². The molecule has 2 aliphatic heterocycles. The Labute approximate surface area is 412 Å². The van der Waals surface area contributed by atoms with Crippen LogP contribution in [0.4, 0.5) is 17.2 Å².